The van der Waals surface area contributed by atoms with Crippen LogP contribution in [-0.2, 0) is 9.53 Å². The number of carbonyl (C=O) groups excluding carboxylic acids is 1. The lowest BCUT2D eigenvalue weighted by Gasteiger charge is -2.22. The van der Waals surface area contributed by atoms with Gasteiger partial charge >= 0.3 is 0 Å². The summed E-state index contributed by atoms with van der Waals surface area (Å²) in [5.41, 5.74) is 0. The molecule has 4 heteroatoms. The van der Waals surface area contributed by atoms with Crippen LogP contribution < -0.4 is 10.6 Å². The number of hydrogen-bond donors (Lipinski definition) is 2. The van der Waals surface area contributed by atoms with Crippen molar-refractivity contribution in [1.82, 2.24) is 10.6 Å². The summed E-state index contributed by atoms with van der Waals surface area (Å²) >= 11 is 0. The molecule has 0 saturated carbocycles. The van der Waals surface area contributed by atoms with Crippen LogP contribution in [0.25, 0.3) is 0 Å². The van der Waals surface area contributed by atoms with E-state index >= 15 is 0 Å². The highest BCUT2D eigenvalue weighted by atomic mass is 16.5. The number of nitrogens with one attached hydrogen (secondary N) is 2. The molecular weight excluding hydrogens is 168 g/mol. The Morgan fingerprint density at radius 2 is 2.54 bits per heavy atom. The number of ether oxygens (including phenoxy) is 1. The van der Waals surface area contributed by atoms with E-state index in [0.717, 1.165) is 19.6 Å². The van der Waals surface area contributed by atoms with Gasteiger partial charge < -0.3 is 15.4 Å². The van der Waals surface area contributed by atoms with Gasteiger partial charge in [0.25, 0.3) is 0 Å². The van der Waals surface area contributed by atoms with Crippen molar-refractivity contribution in [2.75, 3.05) is 33.4 Å². The van der Waals surface area contributed by atoms with Gasteiger partial charge in [-0.2, -0.15) is 0 Å². The molecule has 1 atom stereocenters. The summed E-state index contributed by atoms with van der Waals surface area (Å²) in [6.07, 6.45) is 2.42. The molecule has 1 amide bonds. The lowest BCUT2D eigenvalue weighted by atomic mass is 10.00. The van der Waals surface area contributed by atoms with Crippen molar-refractivity contribution < 1.29 is 9.53 Å². The Bertz CT molecular complexity index is 156. The van der Waals surface area contributed by atoms with E-state index in [4.69, 9.17) is 4.74 Å². The topological polar surface area (TPSA) is 50.4 Å². The molecule has 0 aromatic carbocycles. The summed E-state index contributed by atoms with van der Waals surface area (Å²) in [5, 5.41) is 6.16. The Morgan fingerprint density at radius 1 is 1.69 bits per heavy atom. The Morgan fingerprint density at radius 3 is 3.15 bits per heavy atom. The van der Waals surface area contributed by atoms with Crippen LogP contribution in [0, 0.1) is 5.92 Å². The average Bonchev–Trinajstić information content (AvgIpc) is 2.17. The first-order valence-electron chi connectivity index (χ1n) is 4.79. The minimum absolute atomic E-state index is 0.0203. The van der Waals surface area contributed by atoms with Crippen molar-refractivity contribution in [1.29, 1.82) is 0 Å². The molecule has 0 aromatic rings. The van der Waals surface area contributed by atoms with E-state index in [1.54, 1.807) is 0 Å². The molecule has 4 nitrogen and oxygen atoms in total. The van der Waals surface area contributed by atoms with Crippen LogP contribution in [0.15, 0.2) is 0 Å². The number of rotatable bonds is 4. The van der Waals surface area contributed by atoms with Crippen LogP contribution in [0.1, 0.15) is 12.8 Å². The number of piperidine rings is 1. The lowest BCUT2D eigenvalue weighted by Crippen LogP contribution is -2.39. The van der Waals surface area contributed by atoms with Gasteiger partial charge in [0.15, 0.2) is 0 Å². The summed E-state index contributed by atoms with van der Waals surface area (Å²) < 4.78 is 4.72. The smallest absolute Gasteiger partial charge is 0.245 e. The zero-order valence-corrected chi connectivity index (χ0v) is 8.14. The van der Waals surface area contributed by atoms with E-state index in [0.29, 0.717) is 5.92 Å². The van der Waals surface area contributed by atoms with Gasteiger partial charge in [0, 0.05) is 13.7 Å². The number of hydrogen-bond acceptors (Lipinski definition) is 3. The molecule has 1 aliphatic heterocycles. The molecule has 0 bridgehead atoms. The molecule has 0 spiro atoms. The van der Waals surface area contributed by atoms with Gasteiger partial charge in [-0.1, -0.05) is 0 Å². The first kappa shape index (κ1) is 10.5. The number of amides is 1. The van der Waals surface area contributed by atoms with Crippen molar-refractivity contribution in [2.24, 2.45) is 5.92 Å². The second-order valence-corrected chi connectivity index (χ2v) is 3.45. The Balaban J connectivity index is 2.06. The second kappa shape index (κ2) is 5.94. The average molecular weight is 186 g/mol. The molecule has 2 N–H and O–H groups in total. The summed E-state index contributed by atoms with van der Waals surface area (Å²) in [4.78, 5) is 11.0. The highest BCUT2D eigenvalue weighted by molar-refractivity contribution is 5.77. The van der Waals surface area contributed by atoms with Gasteiger partial charge in [-0.3, -0.25) is 4.79 Å². The summed E-state index contributed by atoms with van der Waals surface area (Å²) in [6.45, 7) is 3.07. The van der Waals surface area contributed by atoms with E-state index < -0.39 is 0 Å². The van der Waals surface area contributed by atoms with Crippen LogP contribution in [-0.4, -0.2) is 39.3 Å². The maximum Gasteiger partial charge on any atom is 0.245 e. The standard InChI is InChI=1S/C9H18N2O2/c1-13-7-9(12)11-6-8-3-2-4-10-5-8/h8,10H,2-7H2,1H3,(H,11,12). The quantitative estimate of drug-likeness (QED) is 0.636. The Kier molecular flexibility index (Phi) is 4.78. The normalized spacial score (nSPS) is 22.7. The van der Waals surface area contributed by atoms with Gasteiger partial charge in [0.2, 0.25) is 5.91 Å². The molecule has 1 unspecified atom stereocenters. The largest absolute Gasteiger partial charge is 0.375 e. The van der Waals surface area contributed by atoms with Crippen molar-refractivity contribution in [3.8, 4) is 0 Å². The predicted molar refractivity (Wildman–Crippen MR) is 50.5 cm³/mol. The molecule has 0 radical (unpaired) electrons. The van der Waals surface area contributed by atoms with Gasteiger partial charge in [-0.25, -0.2) is 0 Å². The molecule has 1 fully saturated rings. The summed E-state index contributed by atoms with van der Waals surface area (Å²) in [6, 6.07) is 0. The van der Waals surface area contributed by atoms with Crippen molar-refractivity contribution in [2.45, 2.75) is 12.8 Å². The summed E-state index contributed by atoms with van der Waals surface area (Å²) in [7, 11) is 1.53. The molecule has 0 aromatic heterocycles. The second-order valence-electron chi connectivity index (χ2n) is 3.45. The van der Waals surface area contributed by atoms with Crippen molar-refractivity contribution in [3.63, 3.8) is 0 Å². The van der Waals surface area contributed by atoms with Crippen molar-refractivity contribution in [3.05, 3.63) is 0 Å². The van der Waals surface area contributed by atoms with Gasteiger partial charge in [0.1, 0.15) is 6.61 Å². The molecule has 0 aliphatic carbocycles. The number of methoxy groups -OCH3 is 1. The van der Waals surface area contributed by atoms with Crippen LogP contribution in [0.3, 0.4) is 0 Å². The van der Waals surface area contributed by atoms with E-state index in [-0.39, 0.29) is 12.5 Å². The summed E-state index contributed by atoms with van der Waals surface area (Å²) in [5.74, 6) is 0.572. The molecule has 1 heterocycles. The zero-order chi connectivity index (χ0) is 9.52. The third kappa shape index (κ3) is 4.24. The molecule has 1 rings (SSSR count). The van der Waals surface area contributed by atoms with E-state index in [9.17, 15) is 4.79 Å². The maximum atomic E-state index is 11.0. The molecular formula is C9H18N2O2. The number of carbonyl (C=O) groups is 1. The van der Waals surface area contributed by atoms with E-state index in [1.165, 1.54) is 20.0 Å². The first-order chi connectivity index (χ1) is 6.33. The molecule has 1 aliphatic rings. The Labute approximate surface area is 79.0 Å². The van der Waals surface area contributed by atoms with Crippen LogP contribution >= 0.6 is 0 Å². The van der Waals surface area contributed by atoms with E-state index in [1.807, 2.05) is 0 Å². The van der Waals surface area contributed by atoms with Crippen LogP contribution in [0.5, 0.6) is 0 Å². The maximum absolute atomic E-state index is 11.0. The van der Waals surface area contributed by atoms with Crippen LogP contribution in [0.2, 0.25) is 0 Å². The monoisotopic (exact) mass is 186 g/mol. The lowest BCUT2D eigenvalue weighted by molar-refractivity contribution is -0.124. The highest BCUT2D eigenvalue weighted by Gasteiger charge is 2.13. The zero-order valence-electron chi connectivity index (χ0n) is 8.14. The fourth-order valence-corrected chi connectivity index (χ4v) is 1.54. The molecule has 13 heavy (non-hydrogen) atoms. The highest BCUT2D eigenvalue weighted by Crippen LogP contribution is 2.07. The predicted octanol–water partition coefficient (Wildman–Crippen LogP) is -0.251. The molecule has 76 valence electrons. The minimum Gasteiger partial charge on any atom is -0.375 e. The third-order valence-electron chi connectivity index (χ3n) is 2.26. The van der Waals surface area contributed by atoms with Crippen LogP contribution in [0.4, 0.5) is 0 Å². The third-order valence-corrected chi connectivity index (χ3v) is 2.26. The van der Waals surface area contributed by atoms with Gasteiger partial charge in [-0.05, 0) is 31.8 Å². The van der Waals surface area contributed by atoms with E-state index in [2.05, 4.69) is 10.6 Å². The Hall–Kier alpha value is -0.610. The van der Waals surface area contributed by atoms with Gasteiger partial charge in [0.05, 0.1) is 0 Å². The fraction of sp³-hybridized carbons (Fsp3) is 0.889. The minimum atomic E-state index is -0.0203. The first-order valence-corrected chi connectivity index (χ1v) is 4.79. The fourth-order valence-electron chi connectivity index (χ4n) is 1.54. The van der Waals surface area contributed by atoms with Gasteiger partial charge in [-0.15, -0.1) is 0 Å². The van der Waals surface area contributed by atoms with Crippen molar-refractivity contribution >= 4 is 5.91 Å². The molecule has 1 saturated heterocycles. The SMILES string of the molecule is COCC(=O)NCC1CCCNC1.